The zero-order chi connectivity index (χ0) is 24.3. The Bertz CT molecular complexity index is 1060. The van der Waals surface area contributed by atoms with Crippen molar-refractivity contribution in [3.8, 4) is 17.2 Å². The van der Waals surface area contributed by atoms with Gasteiger partial charge in [0.05, 0.1) is 4.90 Å². The van der Waals surface area contributed by atoms with E-state index in [-0.39, 0.29) is 35.0 Å². The molecule has 1 fully saturated rings. The Morgan fingerprint density at radius 1 is 1.00 bits per heavy atom. The van der Waals surface area contributed by atoms with Crippen LogP contribution < -0.4 is 14.8 Å². The Morgan fingerprint density at radius 3 is 1.94 bits per heavy atom. The zero-order valence-electron chi connectivity index (χ0n) is 18.2. The van der Waals surface area contributed by atoms with Crippen LogP contribution in [0.5, 0.6) is 17.2 Å². The lowest BCUT2D eigenvalue weighted by Crippen LogP contribution is -2.57. The molecule has 2 aromatic rings. The minimum Gasteiger partial charge on any atom is -0.457 e. The van der Waals surface area contributed by atoms with Gasteiger partial charge in [-0.3, -0.25) is 4.79 Å². The van der Waals surface area contributed by atoms with Crippen LogP contribution in [-0.2, 0) is 14.6 Å². The minimum absolute atomic E-state index is 0.00248. The van der Waals surface area contributed by atoms with Crippen molar-refractivity contribution in [2.24, 2.45) is 0 Å². The molecule has 11 heteroatoms. The third kappa shape index (κ3) is 5.41. The monoisotopic (exact) mass is 486 g/mol. The fourth-order valence-electron chi connectivity index (χ4n) is 3.83. The van der Waals surface area contributed by atoms with Crippen molar-refractivity contribution < 1.29 is 35.9 Å². The number of nitrogens with one attached hydrogen (secondary N) is 1. The van der Waals surface area contributed by atoms with Gasteiger partial charge >= 0.3 is 6.36 Å². The van der Waals surface area contributed by atoms with Crippen molar-refractivity contribution in [3.63, 3.8) is 0 Å². The maximum atomic E-state index is 13.5. The fraction of sp³-hybridized carbons (Fsp3) is 0.409. The number of piperidine rings is 1. The first-order valence-corrected chi connectivity index (χ1v) is 11.8. The summed E-state index contributed by atoms with van der Waals surface area (Å²) in [6, 6.07) is 10.4. The zero-order valence-corrected chi connectivity index (χ0v) is 19.0. The lowest BCUT2D eigenvalue weighted by atomic mass is 9.94. The molecule has 0 spiro atoms. The fourth-order valence-corrected chi connectivity index (χ4v) is 5.85. The van der Waals surface area contributed by atoms with E-state index in [9.17, 15) is 26.4 Å². The minimum atomic E-state index is -4.79. The number of halogens is 3. The van der Waals surface area contributed by atoms with Crippen molar-refractivity contribution in [1.29, 1.82) is 0 Å². The summed E-state index contributed by atoms with van der Waals surface area (Å²) < 4.78 is 71.6. The van der Waals surface area contributed by atoms with E-state index < -0.39 is 26.9 Å². The van der Waals surface area contributed by atoms with Gasteiger partial charge in [0.1, 0.15) is 17.2 Å². The summed E-state index contributed by atoms with van der Waals surface area (Å²) >= 11 is 0. The van der Waals surface area contributed by atoms with Gasteiger partial charge in [-0.05, 0) is 67.9 Å². The molecule has 7 nitrogen and oxygen atoms in total. The highest BCUT2D eigenvalue weighted by atomic mass is 32.2. The van der Waals surface area contributed by atoms with Gasteiger partial charge in [-0.1, -0.05) is 6.92 Å². The number of likely N-dealkylation sites (tertiary alicyclic amines) is 1. The number of hydrogen-bond donors (Lipinski definition) is 1. The van der Waals surface area contributed by atoms with E-state index in [1.807, 2.05) is 6.92 Å². The van der Waals surface area contributed by atoms with Gasteiger partial charge in [-0.15, -0.1) is 13.2 Å². The van der Waals surface area contributed by atoms with Crippen LogP contribution in [0.1, 0.15) is 19.8 Å². The number of hydrogen-bond acceptors (Lipinski definition) is 6. The molecule has 0 radical (unpaired) electrons. The van der Waals surface area contributed by atoms with Gasteiger partial charge in [-0.2, -0.15) is 0 Å². The third-order valence-corrected chi connectivity index (χ3v) is 8.21. The smallest absolute Gasteiger partial charge is 0.457 e. The number of carbonyl (C=O) groups is 1. The molecule has 0 atom stereocenters. The lowest BCUT2D eigenvalue weighted by Gasteiger charge is -2.39. The molecule has 0 bridgehead atoms. The first kappa shape index (κ1) is 24.8. The molecular weight excluding hydrogens is 461 g/mol. The average molecular weight is 487 g/mol. The van der Waals surface area contributed by atoms with Crippen LogP contribution in [0.25, 0.3) is 0 Å². The maximum absolute atomic E-state index is 13.5. The number of benzene rings is 2. The molecule has 0 unspecified atom stereocenters. The largest absolute Gasteiger partial charge is 0.573 e. The van der Waals surface area contributed by atoms with Gasteiger partial charge in [0.25, 0.3) is 0 Å². The Hall–Kier alpha value is -2.79. The molecule has 33 heavy (non-hydrogen) atoms. The predicted octanol–water partition coefficient (Wildman–Crippen LogP) is 3.75. The van der Waals surface area contributed by atoms with Crippen LogP contribution in [0.3, 0.4) is 0 Å². The molecule has 1 saturated heterocycles. The number of sulfone groups is 1. The summed E-state index contributed by atoms with van der Waals surface area (Å²) in [5.74, 6) is -0.383. The van der Waals surface area contributed by atoms with Crippen LogP contribution in [0, 0.1) is 0 Å². The van der Waals surface area contributed by atoms with E-state index in [0.29, 0.717) is 13.1 Å². The van der Waals surface area contributed by atoms with E-state index in [2.05, 4.69) is 15.0 Å². The van der Waals surface area contributed by atoms with E-state index in [0.717, 1.165) is 18.7 Å². The van der Waals surface area contributed by atoms with Crippen molar-refractivity contribution in [2.75, 3.05) is 26.7 Å². The van der Waals surface area contributed by atoms with Crippen molar-refractivity contribution >= 4 is 15.7 Å². The van der Waals surface area contributed by atoms with E-state index in [1.54, 1.807) is 0 Å². The highest BCUT2D eigenvalue weighted by Gasteiger charge is 2.52. The standard InChI is InChI=1S/C22H25F3N2O5S/c1-3-27-14-12-21(13-15-27,20(28)26-2)33(29,30)19-10-8-17(9-11-19)31-16-4-6-18(7-5-16)32-22(23,24)25/h4-11H,3,12-15H2,1-2H3,(H,26,28). The summed E-state index contributed by atoms with van der Waals surface area (Å²) in [6.07, 6.45) is -4.41. The normalized spacial score (nSPS) is 16.8. The Balaban J connectivity index is 1.78. The van der Waals surface area contributed by atoms with Crippen molar-refractivity contribution in [2.45, 2.75) is 35.8 Å². The average Bonchev–Trinajstić information content (AvgIpc) is 2.79. The van der Waals surface area contributed by atoms with Crippen LogP contribution in [0.2, 0.25) is 0 Å². The quantitative estimate of drug-likeness (QED) is 0.642. The topological polar surface area (TPSA) is 84.9 Å². The molecule has 0 aliphatic carbocycles. The molecule has 1 N–H and O–H groups in total. The number of rotatable bonds is 7. The maximum Gasteiger partial charge on any atom is 0.573 e. The Morgan fingerprint density at radius 2 is 1.48 bits per heavy atom. The Kier molecular flexibility index (Phi) is 7.23. The molecule has 0 aromatic heterocycles. The molecule has 180 valence electrons. The second-order valence-electron chi connectivity index (χ2n) is 7.60. The Labute approximate surface area is 190 Å². The molecule has 3 rings (SSSR count). The van der Waals surface area contributed by atoms with Crippen LogP contribution >= 0.6 is 0 Å². The lowest BCUT2D eigenvalue weighted by molar-refractivity contribution is -0.274. The van der Waals surface area contributed by atoms with E-state index >= 15 is 0 Å². The molecule has 1 aliphatic rings. The summed E-state index contributed by atoms with van der Waals surface area (Å²) in [5.41, 5.74) is 0. The van der Waals surface area contributed by atoms with Crippen LogP contribution in [-0.4, -0.2) is 57.0 Å². The van der Waals surface area contributed by atoms with Gasteiger partial charge in [-0.25, -0.2) is 8.42 Å². The molecule has 1 heterocycles. The number of carbonyl (C=O) groups excluding carboxylic acids is 1. The van der Waals surface area contributed by atoms with Crippen LogP contribution in [0.15, 0.2) is 53.4 Å². The number of ether oxygens (including phenoxy) is 2. The summed E-state index contributed by atoms with van der Waals surface area (Å²) in [6.45, 7) is 3.76. The second-order valence-corrected chi connectivity index (χ2v) is 9.86. The van der Waals surface area contributed by atoms with Gasteiger partial charge in [0, 0.05) is 20.1 Å². The van der Waals surface area contributed by atoms with Crippen molar-refractivity contribution in [1.82, 2.24) is 10.2 Å². The number of amides is 1. The van der Waals surface area contributed by atoms with Gasteiger partial charge in [0.2, 0.25) is 5.91 Å². The highest BCUT2D eigenvalue weighted by molar-refractivity contribution is 7.93. The highest BCUT2D eigenvalue weighted by Crippen LogP contribution is 2.37. The molecule has 2 aromatic carbocycles. The van der Waals surface area contributed by atoms with Crippen molar-refractivity contribution in [3.05, 3.63) is 48.5 Å². The van der Waals surface area contributed by atoms with E-state index in [1.165, 1.54) is 43.4 Å². The van der Waals surface area contributed by atoms with Gasteiger partial charge in [0.15, 0.2) is 14.6 Å². The second kappa shape index (κ2) is 9.60. The molecule has 0 saturated carbocycles. The number of alkyl halides is 3. The summed E-state index contributed by atoms with van der Waals surface area (Å²) in [7, 11) is -2.57. The van der Waals surface area contributed by atoms with Crippen LogP contribution in [0.4, 0.5) is 13.2 Å². The SMILES string of the molecule is CCN1CCC(C(=O)NC)(S(=O)(=O)c2ccc(Oc3ccc(OC(F)(F)F)cc3)cc2)CC1. The molecule has 1 amide bonds. The predicted molar refractivity (Wildman–Crippen MR) is 115 cm³/mol. The first-order chi connectivity index (χ1) is 15.5. The summed E-state index contributed by atoms with van der Waals surface area (Å²) in [5, 5.41) is 2.50. The summed E-state index contributed by atoms with van der Waals surface area (Å²) in [4.78, 5) is 14.8. The number of nitrogens with zero attached hydrogens (tertiary/aromatic N) is 1. The molecule has 1 aliphatic heterocycles. The van der Waals surface area contributed by atoms with E-state index in [4.69, 9.17) is 4.74 Å². The van der Waals surface area contributed by atoms with Gasteiger partial charge < -0.3 is 19.7 Å². The third-order valence-electron chi connectivity index (χ3n) is 5.69. The first-order valence-electron chi connectivity index (χ1n) is 10.3. The molecular formula is C22H25F3N2O5S.